The van der Waals surface area contributed by atoms with E-state index >= 15 is 0 Å². The normalized spacial score (nSPS) is 13.6. The minimum Gasteiger partial charge on any atom is -0.477 e. The maximum Gasteiger partial charge on any atom is 0.363 e. The van der Waals surface area contributed by atoms with E-state index in [1.807, 2.05) is 0 Å². The number of hydrogen-bond donors (Lipinski definition) is 4. The molecule has 0 fully saturated rings. The van der Waals surface area contributed by atoms with Gasteiger partial charge in [-0.25, -0.2) is 4.79 Å². The van der Waals surface area contributed by atoms with Crippen LogP contribution in [0.4, 0.5) is 0 Å². The van der Waals surface area contributed by atoms with Gasteiger partial charge in [-0.1, -0.05) is 0 Å². The summed E-state index contributed by atoms with van der Waals surface area (Å²) in [6.07, 6.45) is 0.215. The minimum absolute atomic E-state index is 0.0707. The lowest BCUT2D eigenvalue weighted by Gasteiger charge is -2.23. The van der Waals surface area contributed by atoms with Crippen LogP contribution >= 0.6 is 0 Å². The van der Waals surface area contributed by atoms with Gasteiger partial charge in [-0.15, -0.1) is 0 Å². The van der Waals surface area contributed by atoms with Crippen LogP contribution in [0.15, 0.2) is 4.99 Å². The number of carbonyl (C=O) groups is 2. The van der Waals surface area contributed by atoms with E-state index in [1.54, 1.807) is 0 Å². The Hall–Kier alpha value is -1.83. The molecule has 0 radical (unpaired) electrons. The molecule has 0 aliphatic carbocycles. The number of carboxylic acid groups (broad SMARTS) is 1. The highest BCUT2D eigenvalue weighted by Crippen LogP contribution is 2.12. The van der Waals surface area contributed by atoms with Crippen molar-refractivity contribution >= 4 is 17.9 Å². The summed E-state index contributed by atoms with van der Waals surface area (Å²) in [4.78, 5) is 25.1. The van der Waals surface area contributed by atoms with Crippen molar-refractivity contribution in [1.29, 1.82) is 0 Å². The molecule has 0 aromatic heterocycles. The molecule has 0 amide bonds. The summed E-state index contributed by atoms with van der Waals surface area (Å²) < 4.78 is 4.53. The van der Waals surface area contributed by atoms with Crippen LogP contribution in [0, 0.1) is 0 Å². The molecule has 8 heteroatoms. The second-order valence-electron chi connectivity index (χ2n) is 3.20. The molecule has 0 heterocycles. The van der Waals surface area contributed by atoms with Crippen molar-refractivity contribution in [3.63, 3.8) is 0 Å². The van der Waals surface area contributed by atoms with E-state index in [1.165, 1.54) is 0 Å². The molecule has 0 aromatic carbocycles. The van der Waals surface area contributed by atoms with Gasteiger partial charge in [-0.2, -0.15) is 0 Å². The Bertz CT molecular complexity index is 300. The Labute approximate surface area is 92.4 Å². The molecule has 0 aliphatic heterocycles. The van der Waals surface area contributed by atoms with Gasteiger partial charge in [0.15, 0.2) is 5.96 Å². The van der Waals surface area contributed by atoms with Gasteiger partial charge in [0.05, 0.1) is 0 Å². The van der Waals surface area contributed by atoms with Crippen LogP contribution in [-0.2, 0) is 14.3 Å². The zero-order valence-corrected chi connectivity index (χ0v) is 8.97. The molecule has 0 aliphatic rings. The van der Waals surface area contributed by atoms with E-state index in [-0.39, 0.29) is 25.3 Å². The predicted molar refractivity (Wildman–Crippen MR) is 56.2 cm³/mol. The Morgan fingerprint density at radius 3 is 2.38 bits per heavy atom. The average molecular weight is 232 g/mol. The molecule has 1 atom stereocenters. The first-order valence-electron chi connectivity index (χ1n) is 4.55. The van der Waals surface area contributed by atoms with Gasteiger partial charge in [0.2, 0.25) is 0 Å². The summed E-state index contributed by atoms with van der Waals surface area (Å²) in [7, 11) is 0. The van der Waals surface area contributed by atoms with E-state index in [0.717, 1.165) is 6.92 Å². The summed E-state index contributed by atoms with van der Waals surface area (Å²) in [6.45, 7) is 1.30. The molecule has 1 unspecified atom stereocenters. The molecule has 0 aromatic rings. The van der Waals surface area contributed by atoms with Crippen LogP contribution in [0.3, 0.4) is 0 Å². The Morgan fingerprint density at radius 1 is 1.44 bits per heavy atom. The third-order valence-corrected chi connectivity index (χ3v) is 1.69. The summed E-state index contributed by atoms with van der Waals surface area (Å²) >= 11 is 0. The van der Waals surface area contributed by atoms with Crippen LogP contribution in [0.2, 0.25) is 0 Å². The zero-order valence-electron chi connectivity index (χ0n) is 8.97. The molecule has 8 nitrogen and oxygen atoms in total. The quantitative estimate of drug-likeness (QED) is 0.140. The van der Waals surface area contributed by atoms with Crippen molar-refractivity contribution in [1.82, 2.24) is 0 Å². The number of ether oxygens (including phenoxy) is 1. The van der Waals surface area contributed by atoms with Gasteiger partial charge >= 0.3 is 11.9 Å². The summed E-state index contributed by atoms with van der Waals surface area (Å²) in [5.41, 5.74) is 13.5. The highest BCUT2D eigenvalue weighted by Gasteiger charge is 2.36. The lowest BCUT2D eigenvalue weighted by Crippen LogP contribution is -2.51. The first kappa shape index (κ1) is 14.2. The van der Waals surface area contributed by atoms with Crippen molar-refractivity contribution in [3.8, 4) is 0 Å². The van der Waals surface area contributed by atoms with Crippen molar-refractivity contribution in [3.05, 3.63) is 0 Å². The maximum absolute atomic E-state index is 10.8. The van der Waals surface area contributed by atoms with Crippen molar-refractivity contribution < 1.29 is 19.4 Å². The van der Waals surface area contributed by atoms with Gasteiger partial charge < -0.3 is 21.3 Å². The molecule has 0 saturated carbocycles. The number of esters is 1. The Morgan fingerprint density at radius 2 is 2.00 bits per heavy atom. The number of carbonyl (C=O) groups excluding carboxylic acids is 1. The van der Waals surface area contributed by atoms with Gasteiger partial charge in [0.25, 0.3) is 5.72 Å². The molecule has 0 rings (SSSR count). The van der Waals surface area contributed by atoms with Crippen LogP contribution in [0.1, 0.15) is 19.8 Å². The van der Waals surface area contributed by atoms with Gasteiger partial charge in [0, 0.05) is 19.9 Å². The van der Waals surface area contributed by atoms with Crippen LogP contribution in [0.25, 0.3) is 0 Å². The van der Waals surface area contributed by atoms with E-state index in [4.69, 9.17) is 22.3 Å². The van der Waals surface area contributed by atoms with Crippen LogP contribution in [0.5, 0.6) is 0 Å². The third-order valence-electron chi connectivity index (χ3n) is 1.69. The molecule has 16 heavy (non-hydrogen) atoms. The molecular weight excluding hydrogens is 216 g/mol. The van der Waals surface area contributed by atoms with Crippen molar-refractivity contribution in [2.75, 3.05) is 6.54 Å². The first-order valence-corrected chi connectivity index (χ1v) is 4.55. The number of aliphatic carboxylic acids is 1. The van der Waals surface area contributed by atoms with Gasteiger partial charge in [-0.3, -0.25) is 15.5 Å². The SMILES string of the molecule is CC(=O)OC(N)(CCCN=C(N)N)C(=O)O. The monoisotopic (exact) mass is 232 g/mol. The smallest absolute Gasteiger partial charge is 0.363 e. The van der Waals surface area contributed by atoms with Gasteiger partial charge in [0.1, 0.15) is 0 Å². The lowest BCUT2D eigenvalue weighted by molar-refractivity contribution is -0.177. The van der Waals surface area contributed by atoms with E-state index in [0.29, 0.717) is 0 Å². The van der Waals surface area contributed by atoms with Crippen LogP contribution < -0.4 is 17.2 Å². The average Bonchev–Trinajstić information content (AvgIpc) is 2.10. The summed E-state index contributed by atoms with van der Waals surface area (Å²) in [5.74, 6) is -2.26. The number of hydrogen-bond acceptors (Lipinski definition) is 5. The topological polar surface area (TPSA) is 154 Å². The Balaban J connectivity index is 4.29. The minimum atomic E-state index is -2.02. The fourth-order valence-corrected chi connectivity index (χ4v) is 1.01. The standard InChI is InChI=1S/C8H16N4O4/c1-5(13)16-8(11,6(14)15)3-2-4-12-7(9)10/h2-4,11H2,1H3,(H,14,15)(H4,9,10,12). The van der Waals surface area contributed by atoms with E-state index in [2.05, 4.69) is 9.73 Å². The number of carboxylic acids is 1. The molecular formula is C8H16N4O4. The van der Waals surface area contributed by atoms with Crippen molar-refractivity contribution in [2.24, 2.45) is 22.2 Å². The third kappa shape index (κ3) is 5.15. The zero-order chi connectivity index (χ0) is 12.8. The molecule has 0 bridgehead atoms. The van der Waals surface area contributed by atoms with E-state index in [9.17, 15) is 9.59 Å². The summed E-state index contributed by atoms with van der Waals surface area (Å²) in [6, 6.07) is 0. The highest BCUT2D eigenvalue weighted by molar-refractivity contribution is 5.80. The molecule has 92 valence electrons. The second kappa shape index (κ2) is 5.91. The second-order valence-corrected chi connectivity index (χ2v) is 3.20. The van der Waals surface area contributed by atoms with Gasteiger partial charge in [-0.05, 0) is 6.42 Å². The van der Waals surface area contributed by atoms with Crippen LogP contribution in [-0.4, -0.2) is 35.3 Å². The number of rotatable bonds is 6. The first-order chi connectivity index (χ1) is 7.28. The largest absolute Gasteiger partial charge is 0.477 e. The predicted octanol–water partition coefficient (Wildman–Crippen LogP) is -1.66. The number of guanidine groups is 1. The fraction of sp³-hybridized carbons (Fsp3) is 0.625. The number of aliphatic imine (C=N–C) groups is 1. The molecule has 0 spiro atoms. The van der Waals surface area contributed by atoms with E-state index < -0.39 is 17.7 Å². The summed E-state index contributed by atoms with van der Waals surface area (Å²) in [5, 5.41) is 8.80. The highest BCUT2D eigenvalue weighted by atomic mass is 16.6. The number of nitrogens with zero attached hydrogens (tertiary/aromatic N) is 1. The number of nitrogens with two attached hydrogens (primary N) is 3. The maximum atomic E-state index is 10.8. The molecule has 7 N–H and O–H groups in total. The van der Waals surface area contributed by atoms with Crippen molar-refractivity contribution in [2.45, 2.75) is 25.5 Å². The Kier molecular flexibility index (Phi) is 5.23. The molecule has 0 saturated heterocycles. The fourth-order valence-electron chi connectivity index (χ4n) is 1.01. The lowest BCUT2D eigenvalue weighted by atomic mass is 10.1.